The summed E-state index contributed by atoms with van der Waals surface area (Å²) in [4.78, 5) is 15.3. The van der Waals surface area contributed by atoms with Crippen LogP contribution in [0.25, 0.3) is 0 Å². The second kappa shape index (κ2) is 7.85. The molecule has 0 aliphatic carbocycles. The molecule has 2 fully saturated rings. The number of aryl methyl sites for hydroxylation is 1. The lowest BCUT2D eigenvalue weighted by molar-refractivity contribution is -0.147. The van der Waals surface area contributed by atoms with Gasteiger partial charge in [-0.05, 0) is 44.2 Å². The fraction of sp³-hybridized carbons (Fsp3) is 0.632. The summed E-state index contributed by atoms with van der Waals surface area (Å²) in [7, 11) is 0. The van der Waals surface area contributed by atoms with Crippen molar-refractivity contribution in [1.29, 1.82) is 0 Å². The normalized spacial score (nSPS) is 26.0. The van der Waals surface area contributed by atoms with E-state index in [1.807, 2.05) is 0 Å². The zero-order chi connectivity index (χ0) is 16.4. The van der Waals surface area contributed by atoms with E-state index < -0.39 is 5.41 Å². The van der Waals surface area contributed by atoms with Gasteiger partial charge in [0.15, 0.2) is 0 Å². The summed E-state index contributed by atoms with van der Waals surface area (Å²) in [5, 5.41) is 0. The molecule has 1 aromatic carbocycles. The molecule has 2 aliphatic heterocycles. The van der Waals surface area contributed by atoms with E-state index in [0.29, 0.717) is 25.7 Å². The smallest absolute Gasteiger partial charge is 0.230 e. The molecule has 0 saturated carbocycles. The summed E-state index contributed by atoms with van der Waals surface area (Å²) in [5.74, 6) is 0.677. The average Bonchev–Trinajstić information content (AvgIpc) is 2.96. The van der Waals surface area contributed by atoms with Gasteiger partial charge in [0.05, 0.1) is 5.41 Å². The maximum atomic E-state index is 13.2. The van der Waals surface area contributed by atoms with Gasteiger partial charge in [0.25, 0.3) is 0 Å². The number of rotatable bonds is 3. The fourth-order valence-corrected chi connectivity index (χ4v) is 4.16. The molecular formula is C19H29ClN2O2. The Balaban J connectivity index is 0.00000208. The lowest BCUT2D eigenvalue weighted by Crippen LogP contribution is -2.51. The Kier molecular flexibility index (Phi) is 6.29. The van der Waals surface area contributed by atoms with Crippen LogP contribution in [0, 0.1) is 12.3 Å². The minimum atomic E-state index is -0.410. The molecule has 4 nitrogen and oxygen atoms in total. The number of carbonyl (C=O) groups excluding carboxylic acids is 1. The Labute approximate surface area is 151 Å². The van der Waals surface area contributed by atoms with Crippen molar-refractivity contribution in [3.05, 3.63) is 35.4 Å². The highest BCUT2D eigenvalue weighted by Gasteiger charge is 2.45. The minimum Gasteiger partial charge on any atom is -0.381 e. The van der Waals surface area contributed by atoms with Crippen molar-refractivity contribution in [3.63, 3.8) is 0 Å². The van der Waals surface area contributed by atoms with Crippen molar-refractivity contribution in [2.75, 3.05) is 26.3 Å². The van der Waals surface area contributed by atoms with Crippen LogP contribution >= 0.6 is 12.4 Å². The Morgan fingerprint density at radius 2 is 2.00 bits per heavy atom. The second-order valence-electron chi connectivity index (χ2n) is 7.19. The van der Waals surface area contributed by atoms with Crippen LogP contribution in [0.3, 0.4) is 0 Å². The van der Waals surface area contributed by atoms with Gasteiger partial charge in [-0.15, -0.1) is 12.4 Å². The molecule has 134 valence electrons. The Morgan fingerprint density at radius 3 is 2.62 bits per heavy atom. The standard InChI is InChI=1S/C19H28N2O2.ClH/c1-14-5-3-4-6-17(14)16-11-15(2)21(12-16)18(22)19(13-20)7-9-23-10-8-19;/h3-6,15-16H,7-13,20H2,1-2H3;1H. The van der Waals surface area contributed by atoms with Crippen LogP contribution in [-0.4, -0.2) is 43.2 Å². The molecule has 0 bridgehead atoms. The number of halogens is 1. The van der Waals surface area contributed by atoms with Crippen LogP contribution in [0.2, 0.25) is 0 Å². The van der Waals surface area contributed by atoms with Crippen LogP contribution < -0.4 is 5.73 Å². The van der Waals surface area contributed by atoms with Gasteiger partial charge in [-0.2, -0.15) is 0 Å². The van der Waals surface area contributed by atoms with Crippen LogP contribution in [0.4, 0.5) is 0 Å². The van der Waals surface area contributed by atoms with E-state index in [9.17, 15) is 4.79 Å². The van der Waals surface area contributed by atoms with Crippen LogP contribution in [-0.2, 0) is 9.53 Å². The number of hydrogen-bond donors (Lipinski definition) is 1. The van der Waals surface area contributed by atoms with E-state index in [1.165, 1.54) is 11.1 Å². The van der Waals surface area contributed by atoms with E-state index in [0.717, 1.165) is 25.8 Å². The molecule has 5 heteroatoms. The van der Waals surface area contributed by atoms with E-state index in [1.54, 1.807) is 0 Å². The van der Waals surface area contributed by atoms with E-state index in [4.69, 9.17) is 10.5 Å². The fourth-order valence-electron chi connectivity index (χ4n) is 4.16. The Morgan fingerprint density at radius 1 is 1.33 bits per heavy atom. The van der Waals surface area contributed by atoms with Crippen molar-refractivity contribution in [2.24, 2.45) is 11.1 Å². The summed E-state index contributed by atoms with van der Waals surface area (Å²) in [6.07, 6.45) is 2.54. The molecule has 1 amide bonds. The molecular weight excluding hydrogens is 324 g/mol. The number of benzene rings is 1. The van der Waals surface area contributed by atoms with Gasteiger partial charge in [-0.25, -0.2) is 0 Å². The van der Waals surface area contributed by atoms with Crippen molar-refractivity contribution < 1.29 is 9.53 Å². The quantitative estimate of drug-likeness (QED) is 0.910. The SMILES string of the molecule is Cc1ccccc1C1CC(C)N(C(=O)C2(CN)CCOCC2)C1.Cl. The number of nitrogens with zero attached hydrogens (tertiary/aromatic N) is 1. The minimum absolute atomic E-state index is 0. The molecule has 0 aromatic heterocycles. The van der Waals surface area contributed by atoms with E-state index >= 15 is 0 Å². The first-order valence-electron chi connectivity index (χ1n) is 8.72. The molecule has 2 atom stereocenters. The second-order valence-corrected chi connectivity index (χ2v) is 7.19. The molecule has 24 heavy (non-hydrogen) atoms. The van der Waals surface area contributed by atoms with Crippen molar-refractivity contribution in [2.45, 2.75) is 45.1 Å². The number of likely N-dealkylation sites (tertiary alicyclic amines) is 1. The van der Waals surface area contributed by atoms with Crippen molar-refractivity contribution in [1.82, 2.24) is 4.90 Å². The number of hydrogen-bond acceptors (Lipinski definition) is 3. The summed E-state index contributed by atoms with van der Waals surface area (Å²) >= 11 is 0. The molecule has 0 spiro atoms. The summed E-state index contributed by atoms with van der Waals surface area (Å²) in [5.41, 5.74) is 8.31. The third-order valence-corrected chi connectivity index (χ3v) is 5.76. The largest absolute Gasteiger partial charge is 0.381 e. The van der Waals surface area contributed by atoms with Gasteiger partial charge in [0.2, 0.25) is 5.91 Å². The average molecular weight is 353 g/mol. The van der Waals surface area contributed by atoms with Gasteiger partial charge >= 0.3 is 0 Å². The van der Waals surface area contributed by atoms with E-state index in [2.05, 4.69) is 43.0 Å². The summed E-state index contributed by atoms with van der Waals surface area (Å²) in [6.45, 7) is 6.85. The molecule has 2 heterocycles. The van der Waals surface area contributed by atoms with Gasteiger partial charge in [0, 0.05) is 38.3 Å². The first-order chi connectivity index (χ1) is 11.1. The Bertz CT molecular complexity index is 572. The molecule has 2 unspecified atom stereocenters. The molecule has 2 saturated heterocycles. The van der Waals surface area contributed by atoms with Gasteiger partial charge < -0.3 is 15.4 Å². The zero-order valence-electron chi connectivity index (χ0n) is 14.7. The Hall–Kier alpha value is -1.10. The molecule has 2 aliphatic rings. The lowest BCUT2D eigenvalue weighted by atomic mass is 9.78. The predicted octanol–water partition coefficient (Wildman–Crippen LogP) is 2.88. The highest BCUT2D eigenvalue weighted by atomic mass is 35.5. The number of carbonyl (C=O) groups is 1. The zero-order valence-corrected chi connectivity index (χ0v) is 15.5. The number of ether oxygens (including phenoxy) is 1. The van der Waals surface area contributed by atoms with Crippen molar-refractivity contribution in [3.8, 4) is 0 Å². The first kappa shape index (κ1) is 19.2. The van der Waals surface area contributed by atoms with Crippen LogP contribution in [0.15, 0.2) is 24.3 Å². The lowest BCUT2D eigenvalue weighted by Gasteiger charge is -2.39. The summed E-state index contributed by atoms with van der Waals surface area (Å²) in [6, 6.07) is 8.81. The van der Waals surface area contributed by atoms with Gasteiger partial charge in [-0.3, -0.25) is 4.79 Å². The number of nitrogens with two attached hydrogens (primary N) is 1. The van der Waals surface area contributed by atoms with Gasteiger partial charge in [0.1, 0.15) is 0 Å². The highest BCUT2D eigenvalue weighted by Crippen LogP contribution is 2.38. The van der Waals surface area contributed by atoms with Crippen LogP contribution in [0.1, 0.15) is 43.2 Å². The topological polar surface area (TPSA) is 55.6 Å². The maximum absolute atomic E-state index is 13.2. The predicted molar refractivity (Wildman–Crippen MR) is 98.5 cm³/mol. The third-order valence-electron chi connectivity index (χ3n) is 5.76. The van der Waals surface area contributed by atoms with Crippen LogP contribution in [0.5, 0.6) is 0 Å². The monoisotopic (exact) mass is 352 g/mol. The highest BCUT2D eigenvalue weighted by molar-refractivity contribution is 5.85. The molecule has 3 rings (SSSR count). The summed E-state index contributed by atoms with van der Waals surface area (Å²) < 4.78 is 5.45. The third kappa shape index (κ3) is 3.46. The van der Waals surface area contributed by atoms with E-state index in [-0.39, 0.29) is 24.4 Å². The van der Waals surface area contributed by atoms with Gasteiger partial charge in [-0.1, -0.05) is 24.3 Å². The molecule has 0 radical (unpaired) electrons. The maximum Gasteiger partial charge on any atom is 0.230 e. The van der Waals surface area contributed by atoms with Crippen molar-refractivity contribution >= 4 is 18.3 Å². The molecule has 1 aromatic rings. The number of amides is 1. The molecule has 2 N–H and O–H groups in total. The first-order valence-corrected chi connectivity index (χ1v) is 8.72.